The Hall–Kier alpha value is -3.48. The molecule has 9 heteroatoms. The summed E-state index contributed by atoms with van der Waals surface area (Å²) in [6.07, 6.45) is 1.98. The highest BCUT2D eigenvalue weighted by molar-refractivity contribution is 7.89. The first-order valence-electron chi connectivity index (χ1n) is 9.88. The molecule has 0 atom stereocenters. The van der Waals surface area contributed by atoms with Crippen LogP contribution in [0.3, 0.4) is 0 Å². The van der Waals surface area contributed by atoms with E-state index in [9.17, 15) is 22.9 Å². The molecule has 0 aliphatic heterocycles. The summed E-state index contributed by atoms with van der Waals surface area (Å²) in [5, 5.41) is 9.48. The van der Waals surface area contributed by atoms with E-state index in [0.29, 0.717) is 28.8 Å². The fraction of sp³-hybridized carbons (Fsp3) is 0.217. The topological polar surface area (TPSA) is 101 Å². The highest BCUT2D eigenvalue weighted by Crippen LogP contribution is 2.30. The van der Waals surface area contributed by atoms with Crippen LogP contribution in [0.4, 0.5) is 4.39 Å². The number of rotatable bonds is 8. The van der Waals surface area contributed by atoms with E-state index >= 15 is 0 Å². The summed E-state index contributed by atoms with van der Waals surface area (Å²) in [6, 6.07) is 14.1. The van der Waals surface area contributed by atoms with Crippen LogP contribution in [0.25, 0.3) is 11.1 Å². The average molecular weight is 456 g/mol. The number of hydrogen-bond donors (Lipinski definition) is 1. The molecule has 0 saturated carbocycles. The first-order valence-corrected chi connectivity index (χ1v) is 11.4. The number of carbonyl (C=O) groups is 1. The molecule has 0 aliphatic carbocycles. The molecule has 1 aromatic heterocycles. The molecule has 0 unspecified atom stereocenters. The summed E-state index contributed by atoms with van der Waals surface area (Å²) >= 11 is 0. The first kappa shape index (κ1) is 23.2. The number of nitriles is 1. The molecule has 7 nitrogen and oxygen atoms in total. The highest BCUT2D eigenvalue weighted by atomic mass is 32.2. The van der Waals surface area contributed by atoms with Gasteiger partial charge < -0.3 is 9.30 Å². The SMILES string of the molecule is CCOC(=O)c1c(-c2ccc(CCNS(=O)(=O)c3cccc(F)c3)cc2)c(C#N)cn1C. The van der Waals surface area contributed by atoms with Crippen LogP contribution in [0.15, 0.2) is 59.6 Å². The number of esters is 1. The quantitative estimate of drug-likeness (QED) is 0.525. The molecule has 3 aromatic rings. The van der Waals surface area contributed by atoms with Crippen LogP contribution in [0.1, 0.15) is 28.5 Å². The predicted octanol–water partition coefficient (Wildman–Crippen LogP) is 3.40. The molecular formula is C23H22FN3O4S. The Morgan fingerprint density at radius 2 is 1.94 bits per heavy atom. The highest BCUT2D eigenvalue weighted by Gasteiger charge is 2.22. The summed E-state index contributed by atoms with van der Waals surface area (Å²) in [6.45, 7) is 2.06. The van der Waals surface area contributed by atoms with E-state index in [1.807, 2.05) is 0 Å². The van der Waals surface area contributed by atoms with Crippen molar-refractivity contribution in [1.82, 2.24) is 9.29 Å². The number of nitrogens with one attached hydrogen (secondary N) is 1. The molecule has 1 N–H and O–H groups in total. The second kappa shape index (κ2) is 9.77. The normalized spacial score (nSPS) is 11.2. The maximum Gasteiger partial charge on any atom is 0.355 e. The Balaban J connectivity index is 1.75. The number of hydrogen-bond acceptors (Lipinski definition) is 5. The van der Waals surface area contributed by atoms with Crippen LogP contribution >= 0.6 is 0 Å². The molecule has 0 radical (unpaired) electrons. The zero-order chi connectivity index (χ0) is 23.3. The lowest BCUT2D eigenvalue weighted by atomic mass is 10.00. The Bertz CT molecular complexity index is 1280. The van der Waals surface area contributed by atoms with Crippen LogP contribution in [0, 0.1) is 17.1 Å². The van der Waals surface area contributed by atoms with E-state index in [2.05, 4.69) is 10.8 Å². The van der Waals surface area contributed by atoms with Gasteiger partial charge in [-0.15, -0.1) is 0 Å². The van der Waals surface area contributed by atoms with Crippen LogP contribution in [0.5, 0.6) is 0 Å². The largest absolute Gasteiger partial charge is 0.461 e. The summed E-state index contributed by atoms with van der Waals surface area (Å²) < 4.78 is 47.0. The van der Waals surface area contributed by atoms with Crippen molar-refractivity contribution in [2.24, 2.45) is 7.05 Å². The minimum atomic E-state index is -3.81. The van der Waals surface area contributed by atoms with Gasteiger partial charge in [0, 0.05) is 25.4 Å². The number of ether oxygens (including phenoxy) is 1. The lowest BCUT2D eigenvalue weighted by Gasteiger charge is -2.09. The summed E-state index contributed by atoms with van der Waals surface area (Å²) in [7, 11) is -2.13. The van der Waals surface area contributed by atoms with Gasteiger partial charge in [0.25, 0.3) is 0 Å². The van der Waals surface area contributed by atoms with E-state index in [4.69, 9.17) is 4.74 Å². The molecule has 0 aliphatic rings. The van der Waals surface area contributed by atoms with Crippen molar-refractivity contribution in [3.05, 3.63) is 77.4 Å². The van der Waals surface area contributed by atoms with Gasteiger partial charge in [-0.05, 0) is 42.7 Å². The summed E-state index contributed by atoms with van der Waals surface area (Å²) in [4.78, 5) is 12.3. The Labute approximate surface area is 186 Å². The third-order valence-corrected chi connectivity index (χ3v) is 6.28. The molecule has 0 spiro atoms. The molecule has 1 heterocycles. The predicted molar refractivity (Wildman–Crippen MR) is 117 cm³/mol. The van der Waals surface area contributed by atoms with Crippen molar-refractivity contribution < 1.29 is 22.3 Å². The molecule has 0 saturated heterocycles. The second-order valence-corrected chi connectivity index (χ2v) is 8.78. The molecule has 0 fully saturated rings. The first-order chi connectivity index (χ1) is 15.3. The molecule has 0 amide bonds. The molecular weight excluding hydrogens is 433 g/mol. The van der Waals surface area contributed by atoms with Gasteiger partial charge in [0.05, 0.1) is 17.1 Å². The third kappa shape index (κ3) is 5.04. The summed E-state index contributed by atoms with van der Waals surface area (Å²) in [5.74, 6) is -1.13. The molecule has 2 aromatic carbocycles. The number of benzene rings is 2. The van der Waals surface area contributed by atoms with Crippen LogP contribution in [-0.2, 0) is 28.2 Å². The zero-order valence-corrected chi connectivity index (χ0v) is 18.4. The fourth-order valence-electron chi connectivity index (χ4n) is 3.33. The standard InChI is InChI=1S/C23H22FN3O4S/c1-3-31-23(28)22-21(18(14-25)15-27(22)2)17-9-7-16(8-10-17)11-12-26-32(29,30)20-6-4-5-19(24)13-20/h4-10,13,15,26H,3,11-12H2,1-2H3. The maximum atomic E-state index is 13.3. The zero-order valence-electron chi connectivity index (χ0n) is 17.6. The van der Waals surface area contributed by atoms with Crippen molar-refractivity contribution >= 4 is 16.0 Å². The molecule has 166 valence electrons. The van der Waals surface area contributed by atoms with Crippen molar-refractivity contribution in [3.8, 4) is 17.2 Å². The Kier molecular flexibility index (Phi) is 7.08. The third-order valence-electron chi connectivity index (χ3n) is 4.83. The lowest BCUT2D eigenvalue weighted by molar-refractivity contribution is 0.0516. The van der Waals surface area contributed by atoms with Crippen molar-refractivity contribution in [2.45, 2.75) is 18.2 Å². The Morgan fingerprint density at radius 1 is 1.22 bits per heavy atom. The minimum Gasteiger partial charge on any atom is -0.461 e. The minimum absolute atomic E-state index is 0.126. The number of sulfonamides is 1. The number of aromatic nitrogens is 1. The van der Waals surface area contributed by atoms with Crippen LogP contribution in [0.2, 0.25) is 0 Å². The van der Waals surface area contributed by atoms with Gasteiger partial charge in [0.1, 0.15) is 17.6 Å². The van der Waals surface area contributed by atoms with E-state index in [0.717, 1.165) is 11.6 Å². The van der Waals surface area contributed by atoms with Crippen LogP contribution in [-0.4, -0.2) is 32.1 Å². The van der Waals surface area contributed by atoms with E-state index in [-0.39, 0.29) is 18.0 Å². The maximum absolute atomic E-state index is 13.3. The average Bonchev–Trinajstić information content (AvgIpc) is 3.10. The van der Waals surface area contributed by atoms with Gasteiger partial charge in [0.15, 0.2) is 0 Å². The van der Waals surface area contributed by atoms with Gasteiger partial charge in [-0.25, -0.2) is 22.3 Å². The van der Waals surface area contributed by atoms with Gasteiger partial charge in [-0.1, -0.05) is 30.3 Å². The number of halogens is 1. The van der Waals surface area contributed by atoms with Crippen molar-refractivity contribution in [2.75, 3.05) is 13.2 Å². The van der Waals surface area contributed by atoms with E-state index in [1.165, 1.54) is 18.2 Å². The van der Waals surface area contributed by atoms with Gasteiger partial charge in [0.2, 0.25) is 10.0 Å². The monoisotopic (exact) mass is 455 g/mol. The summed E-state index contributed by atoms with van der Waals surface area (Å²) in [5.41, 5.74) is 2.66. The Morgan fingerprint density at radius 3 is 2.56 bits per heavy atom. The van der Waals surface area contributed by atoms with Crippen LogP contribution < -0.4 is 4.72 Å². The number of carbonyl (C=O) groups excluding carboxylic acids is 1. The van der Waals surface area contributed by atoms with E-state index in [1.54, 1.807) is 49.0 Å². The van der Waals surface area contributed by atoms with E-state index < -0.39 is 21.8 Å². The number of aryl methyl sites for hydroxylation is 1. The smallest absolute Gasteiger partial charge is 0.355 e. The van der Waals surface area contributed by atoms with Crippen molar-refractivity contribution in [1.29, 1.82) is 5.26 Å². The molecule has 0 bridgehead atoms. The molecule has 3 rings (SSSR count). The molecule has 32 heavy (non-hydrogen) atoms. The fourth-order valence-corrected chi connectivity index (χ4v) is 4.40. The van der Waals surface area contributed by atoms with Gasteiger partial charge in [-0.3, -0.25) is 0 Å². The lowest BCUT2D eigenvalue weighted by Crippen LogP contribution is -2.26. The van der Waals surface area contributed by atoms with Crippen molar-refractivity contribution in [3.63, 3.8) is 0 Å². The van der Waals surface area contributed by atoms with Gasteiger partial charge in [-0.2, -0.15) is 5.26 Å². The number of nitrogens with zero attached hydrogens (tertiary/aromatic N) is 2. The second-order valence-electron chi connectivity index (χ2n) is 7.01. The van der Waals surface area contributed by atoms with Gasteiger partial charge >= 0.3 is 5.97 Å².